The largest absolute Gasteiger partial charge is 0.496 e. The van der Waals surface area contributed by atoms with Crippen LogP contribution in [0.25, 0.3) is 0 Å². The third-order valence-electron chi connectivity index (χ3n) is 2.51. The Morgan fingerprint density at radius 3 is 2.22 bits per heavy atom. The Labute approximate surface area is 106 Å². The minimum atomic E-state index is 0.560. The molecule has 0 atom stereocenters. The number of aryl methyl sites for hydroxylation is 3. The number of benzene rings is 1. The van der Waals surface area contributed by atoms with Gasteiger partial charge in [-0.15, -0.1) is 0 Å². The van der Waals surface area contributed by atoms with Crippen molar-refractivity contribution in [2.75, 3.05) is 12.4 Å². The van der Waals surface area contributed by atoms with Crippen molar-refractivity contribution >= 4 is 11.6 Å². The van der Waals surface area contributed by atoms with E-state index in [-0.39, 0.29) is 0 Å². The molecule has 0 bridgehead atoms. The third kappa shape index (κ3) is 2.74. The maximum Gasteiger partial charge on any atom is 0.230 e. The average Bonchev–Trinajstić information content (AvgIpc) is 2.27. The van der Waals surface area contributed by atoms with Crippen LogP contribution in [0.15, 0.2) is 18.2 Å². The second-order valence-electron chi connectivity index (χ2n) is 4.06. The average molecular weight is 244 g/mol. The molecule has 0 saturated carbocycles. The van der Waals surface area contributed by atoms with Gasteiger partial charge in [-0.3, -0.25) is 0 Å². The van der Waals surface area contributed by atoms with Crippen LogP contribution in [0, 0.1) is 20.8 Å². The number of hydrogen-bond donors (Lipinski definition) is 1. The van der Waals surface area contributed by atoms with E-state index in [1.165, 1.54) is 0 Å². The van der Waals surface area contributed by atoms with Gasteiger partial charge >= 0.3 is 0 Å². The molecule has 1 heterocycles. The summed E-state index contributed by atoms with van der Waals surface area (Å²) in [6.07, 6.45) is 0. The summed E-state index contributed by atoms with van der Waals surface area (Å²) in [6, 6.07) is 5.84. The Morgan fingerprint density at radius 1 is 1.00 bits per heavy atom. The summed E-state index contributed by atoms with van der Waals surface area (Å²) in [4.78, 5) is 12.6. The fourth-order valence-electron chi connectivity index (χ4n) is 1.76. The molecule has 0 radical (unpaired) electrons. The molecule has 0 spiro atoms. The Hall–Kier alpha value is -2.17. The van der Waals surface area contributed by atoms with Gasteiger partial charge in [-0.1, -0.05) is 0 Å². The third-order valence-corrected chi connectivity index (χ3v) is 2.51. The van der Waals surface area contributed by atoms with E-state index in [4.69, 9.17) is 4.74 Å². The lowest BCUT2D eigenvalue weighted by Crippen LogP contribution is -2.03. The van der Waals surface area contributed by atoms with Crippen molar-refractivity contribution in [3.05, 3.63) is 35.4 Å². The van der Waals surface area contributed by atoms with Crippen molar-refractivity contribution in [3.63, 3.8) is 0 Å². The molecule has 0 amide bonds. The number of ether oxygens (including phenoxy) is 1. The lowest BCUT2D eigenvalue weighted by atomic mass is 10.2. The van der Waals surface area contributed by atoms with Crippen molar-refractivity contribution in [2.24, 2.45) is 0 Å². The summed E-state index contributed by atoms with van der Waals surface area (Å²) in [5.74, 6) is 2.83. The molecule has 1 aromatic carbocycles. The zero-order chi connectivity index (χ0) is 13.1. The van der Waals surface area contributed by atoms with E-state index in [1.54, 1.807) is 7.11 Å². The van der Waals surface area contributed by atoms with Crippen LogP contribution >= 0.6 is 0 Å². The molecule has 2 rings (SSSR count). The molecule has 0 saturated heterocycles. The molecule has 2 aromatic rings. The topological polar surface area (TPSA) is 59.9 Å². The summed E-state index contributed by atoms with van der Waals surface area (Å²) in [5.41, 5.74) is 1.99. The van der Waals surface area contributed by atoms with Gasteiger partial charge in [0.1, 0.15) is 17.4 Å². The lowest BCUT2D eigenvalue weighted by Gasteiger charge is -2.09. The molecule has 94 valence electrons. The van der Waals surface area contributed by atoms with Crippen LogP contribution in [-0.4, -0.2) is 22.1 Å². The quantitative estimate of drug-likeness (QED) is 0.899. The van der Waals surface area contributed by atoms with Crippen molar-refractivity contribution < 1.29 is 4.74 Å². The van der Waals surface area contributed by atoms with Crippen LogP contribution in [-0.2, 0) is 0 Å². The minimum Gasteiger partial charge on any atom is -0.496 e. The van der Waals surface area contributed by atoms with E-state index in [1.807, 2.05) is 39.0 Å². The Morgan fingerprint density at radius 2 is 1.67 bits per heavy atom. The predicted molar refractivity (Wildman–Crippen MR) is 70.3 cm³/mol. The molecule has 0 aliphatic rings. The molecule has 0 aliphatic carbocycles. The van der Waals surface area contributed by atoms with Gasteiger partial charge in [0.15, 0.2) is 0 Å². The standard InChI is InChI=1S/C13H16N4O/c1-8-7-11(5-6-12(8)18-4)17-13-15-9(2)14-10(3)16-13/h5-7H,1-4H3,(H,14,15,16,17). The van der Waals surface area contributed by atoms with Crippen molar-refractivity contribution in [2.45, 2.75) is 20.8 Å². The van der Waals surface area contributed by atoms with E-state index < -0.39 is 0 Å². The molecule has 1 N–H and O–H groups in total. The molecule has 5 nitrogen and oxygen atoms in total. The van der Waals surface area contributed by atoms with Crippen molar-refractivity contribution in [1.82, 2.24) is 15.0 Å². The van der Waals surface area contributed by atoms with Gasteiger partial charge in [-0.25, -0.2) is 4.98 Å². The summed E-state index contributed by atoms with van der Waals surface area (Å²) < 4.78 is 5.22. The number of nitrogens with zero attached hydrogens (tertiary/aromatic N) is 3. The van der Waals surface area contributed by atoms with Crippen LogP contribution in [0.4, 0.5) is 11.6 Å². The fourth-order valence-corrected chi connectivity index (χ4v) is 1.76. The zero-order valence-electron chi connectivity index (χ0n) is 11.0. The molecule has 0 unspecified atom stereocenters. The lowest BCUT2D eigenvalue weighted by molar-refractivity contribution is 0.412. The van der Waals surface area contributed by atoms with Gasteiger partial charge in [-0.2, -0.15) is 9.97 Å². The number of methoxy groups -OCH3 is 1. The fraction of sp³-hybridized carbons (Fsp3) is 0.308. The molecule has 18 heavy (non-hydrogen) atoms. The van der Waals surface area contributed by atoms with Gasteiger partial charge in [-0.05, 0) is 44.5 Å². The highest BCUT2D eigenvalue weighted by Gasteiger charge is 2.03. The molecular formula is C13H16N4O. The second kappa shape index (κ2) is 5.00. The van der Waals surface area contributed by atoms with Gasteiger partial charge in [0.25, 0.3) is 0 Å². The molecule has 0 fully saturated rings. The Bertz CT molecular complexity index is 549. The van der Waals surface area contributed by atoms with Crippen LogP contribution in [0.1, 0.15) is 17.2 Å². The molecule has 1 aromatic heterocycles. The number of nitrogens with one attached hydrogen (secondary N) is 1. The number of hydrogen-bond acceptors (Lipinski definition) is 5. The summed E-state index contributed by atoms with van der Waals surface area (Å²) in [7, 11) is 1.66. The Kier molecular flexibility index (Phi) is 3.41. The van der Waals surface area contributed by atoms with E-state index >= 15 is 0 Å². The van der Waals surface area contributed by atoms with Gasteiger partial charge in [0.2, 0.25) is 5.95 Å². The van der Waals surface area contributed by atoms with E-state index in [9.17, 15) is 0 Å². The van der Waals surface area contributed by atoms with Crippen LogP contribution in [0.5, 0.6) is 5.75 Å². The van der Waals surface area contributed by atoms with Crippen molar-refractivity contribution in [1.29, 1.82) is 0 Å². The minimum absolute atomic E-state index is 0.560. The highest BCUT2D eigenvalue weighted by Crippen LogP contribution is 2.22. The van der Waals surface area contributed by atoms with Crippen LogP contribution < -0.4 is 10.1 Å². The summed E-state index contributed by atoms with van der Waals surface area (Å²) in [5, 5.41) is 3.16. The smallest absolute Gasteiger partial charge is 0.230 e. The van der Waals surface area contributed by atoms with Crippen molar-refractivity contribution in [3.8, 4) is 5.75 Å². The number of aromatic nitrogens is 3. The summed E-state index contributed by atoms with van der Waals surface area (Å²) >= 11 is 0. The van der Waals surface area contributed by atoms with E-state index in [2.05, 4.69) is 20.3 Å². The summed E-state index contributed by atoms with van der Waals surface area (Å²) in [6.45, 7) is 5.69. The molecule has 5 heteroatoms. The van der Waals surface area contributed by atoms with Gasteiger partial charge in [0.05, 0.1) is 7.11 Å². The zero-order valence-corrected chi connectivity index (χ0v) is 11.0. The van der Waals surface area contributed by atoms with Gasteiger partial charge in [0, 0.05) is 5.69 Å². The van der Waals surface area contributed by atoms with E-state index in [0.29, 0.717) is 17.6 Å². The highest BCUT2D eigenvalue weighted by molar-refractivity contribution is 5.57. The maximum absolute atomic E-state index is 5.22. The van der Waals surface area contributed by atoms with E-state index in [0.717, 1.165) is 17.0 Å². The highest BCUT2D eigenvalue weighted by atomic mass is 16.5. The molecular weight excluding hydrogens is 228 g/mol. The molecule has 0 aliphatic heterocycles. The first kappa shape index (κ1) is 12.3. The number of anilines is 2. The first-order chi connectivity index (χ1) is 8.58. The predicted octanol–water partition coefficient (Wildman–Crippen LogP) is 2.55. The Balaban J connectivity index is 2.25. The monoisotopic (exact) mass is 244 g/mol. The second-order valence-corrected chi connectivity index (χ2v) is 4.06. The SMILES string of the molecule is COc1ccc(Nc2nc(C)nc(C)n2)cc1C. The maximum atomic E-state index is 5.22. The van der Waals surface area contributed by atoms with Gasteiger partial charge < -0.3 is 10.1 Å². The van der Waals surface area contributed by atoms with Crippen LogP contribution in [0.2, 0.25) is 0 Å². The first-order valence-corrected chi connectivity index (χ1v) is 5.69. The first-order valence-electron chi connectivity index (χ1n) is 5.69. The normalized spacial score (nSPS) is 10.2. The number of rotatable bonds is 3. The van der Waals surface area contributed by atoms with Crippen LogP contribution in [0.3, 0.4) is 0 Å².